The first kappa shape index (κ1) is 14.8. The number of ether oxygens (including phenoxy) is 1. The van der Waals surface area contributed by atoms with Crippen molar-refractivity contribution >= 4 is 17.7 Å². The molecule has 0 amide bonds. The van der Waals surface area contributed by atoms with Gasteiger partial charge in [0.1, 0.15) is 5.25 Å². The average molecular weight is 233 g/mol. The number of rotatable bonds is 8. The highest BCUT2D eigenvalue weighted by atomic mass is 32.2. The molecule has 0 heterocycles. The van der Waals surface area contributed by atoms with Crippen LogP contribution in [0.2, 0.25) is 0 Å². The van der Waals surface area contributed by atoms with Crippen LogP contribution in [0.3, 0.4) is 0 Å². The number of nitrogens with zero attached hydrogens (tertiary/aromatic N) is 1. The molecule has 0 spiro atoms. The Labute approximate surface area is 97.5 Å². The highest BCUT2D eigenvalue weighted by Crippen LogP contribution is 2.18. The van der Waals surface area contributed by atoms with Gasteiger partial charge >= 0.3 is 5.97 Å². The van der Waals surface area contributed by atoms with Crippen molar-refractivity contribution in [1.82, 2.24) is 4.90 Å². The van der Waals surface area contributed by atoms with Crippen LogP contribution in [0, 0.1) is 0 Å². The summed E-state index contributed by atoms with van der Waals surface area (Å²) in [5.41, 5.74) is 0. The summed E-state index contributed by atoms with van der Waals surface area (Å²) in [5, 5.41) is 0.0231. The van der Waals surface area contributed by atoms with Gasteiger partial charge in [-0.25, -0.2) is 0 Å². The number of carbonyl (C=O) groups excluding carboxylic acids is 1. The van der Waals surface area contributed by atoms with E-state index in [1.54, 1.807) is 11.8 Å². The Bertz CT molecular complexity index is 174. The Hall–Kier alpha value is -0.220. The molecule has 0 saturated heterocycles. The molecule has 4 heteroatoms. The Morgan fingerprint density at radius 1 is 1.47 bits per heavy atom. The van der Waals surface area contributed by atoms with E-state index in [9.17, 15) is 4.79 Å². The molecule has 0 aliphatic heterocycles. The molecule has 90 valence electrons. The number of thioether (sulfide) groups is 1. The molecule has 0 aromatic heterocycles. The summed E-state index contributed by atoms with van der Waals surface area (Å²) in [6.07, 6.45) is 3.15. The normalized spacial score (nSPS) is 12.9. The molecule has 1 atom stereocenters. The minimum atomic E-state index is -0.0767. The fourth-order valence-electron chi connectivity index (χ4n) is 1.17. The lowest BCUT2D eigenvalue weighted by Gasteiger charge is -2.15. The second-order valence-corrected chi connectivity index (χ2v) is 5.14. The second-order valence-electron chi connectivity index (χ2n) is 3.83. The standard InChI is InChI=1S/C11H23NO2S/c1-5-6-7-10(11(13)14-4)15-9-8-12(2)3/h10H,5-9H2,1-4H3. The van der Waals surface area contributed by atoms with Crippen molar-refractivity contribution in [2.45, 2.75) is 31.4 Å². The van der Waals surface area contributed by atoms with Gasteiger partial charge in [0.05, 0.1) is 7.11 Å². The van der Waals surface area contributed by atoms with E-state index in [0.717, 1.165) is 31.6 Å². The number of methoxy groups -OCH3 is 1. The molecule has 3 nitrogen and oxygen atoms in total. The van der Waals surface area contributed by atoms with Crippen LogP contribution >= 0.6 is 11.8 Å². The molecule has 0 saturated carbocycles. The van der Waals surface area contributed by atoms with Gasteiger partial charge < -0.3 is 9.64 Å². The molecule has 0 aromatic rings. The van der Waals surface area contributed by atoms with Crippen molar-refractivity contribution in [3.8, 4) is 0 Å². The lowest BCUT2D eigenvalue weighted by molar-refractivity contribution is -0.140. The van der Waals surface area contributed by atoms with E-state index in [1.165, 1.54) is 7.11 Å². The summed E-state index contributed by atoms with van der Waals surface area (Å²) in [7, 11) is 5.55. The molecule has 0 aromatic carbocycles. The van der Waals surface area contributed by atoms with Gasteiger partial charge in [0.15, 0.2) is 0 Å². The van der Waals surface area contributed by atoms with Gasteiger partial charge in [-0.3, -0.25) is 4.79 Å². The first-order valence-corrected chi connectivity index (χ1v) is 6.50. The van der Waals surface area contributed by atoms with E-state index in [-0.39, 0.29) is 11.2 Å². The number of hydrogen-bond donors (Lipinski definition) is 0. The molecule has 0 fully saturated rings. The monoisotopic (exact) mass is 233 g/mol. The van der Waals surface area contributed by atoms with E-state index >= 15 is 0 Å². The van der Waals surface area contributed by atoms with Crippen LogP contribution in [0.15, 0.2) is 0 Å². The Balaban J connectivity index is 3.84. The van der Waals surface area contributed by atoms with Gasteiger partial charge in [0, 0.05) is 12.3 Å². The van der Waals surface area contributed by atoms with E-state index in [4.69, 9.17) is 4.74 Å². The van der Waals surface area contributed by atoms with Crippen LogP contribution in [-0.2, 0) is 9.53 Å². The quantitative estimate of drug-likeness (QED) is 0.600. The van der Waals surface area contributed by atoms with Gasteiger partial charge in [-0.1, -0.05) is 19.8 Å². The molecule has 0 aliphatic carbocycles. The molecule has 0 rings (SSSR count). The van der Waals surface area contributed by atoms with Crippen molar-refractivity contribution in [1.29, 1.82) is 0 Å². The third-order valence-electron chi connectivity index (χ3n) is 2.14. The summed E-state index contributed by atoms with van der Waals surface area (Å²) in [6.45, 7) is 3.14. The van der Waals surface area contributed by atoms with Crippen LogP contribution < -0.4 is 0 Å². The zero-order valence-corrected chi connectivity index (χ0v) is 11.1. The highest BCUT2D eigenvalue weighted by molar-refractivity contribution is 8.00. The molecule has 15 heavy (non-hydrogen) atoms. The molecule has 0 aliphatic rings. The Morgan fingerprint density at radius 3 is 2.60 bits per heavy atom. The Morgan fingerprint density at radius 2 is 2.13 bits per heavy atom. The molecule has 0 radical (unpaired) electrons. The zero-order valence-electron chi connectivity index (χ0n) is 10.3. The molecule has 0 N–H and O–H groups in total. The Kier molecular flexibility index (Phi) is 8.91. The summed E-state index contributed by atoms with van der Waals surface area (Å²) in [6, 6.07) is 0. The molecule has 1 unspecified atom stereocenters. The highest BCUT2D eigenvalue weighted by Gasteiger charge is 2.18. The average Bonchev–Trinajstić information content (AvgIpc) is 2.21. The maximum atomic E-state index is 11.4. The van der Waals surface area contributed by atoms with E-state index in [1.807, 2.05) is 14.1 Å². The topological polar surface area (TPSA) is 29.5 Å². The molecular formula is C11H23NO2S. The van der Waals surface area contributed by atoms with Crippen molar-refractivity contribution in [2.24, 2.45) is 0 Å². The maximum Gasteiger partial charge on any atom is 0.318 e. The van der Waals surface area contributed by atoms with Crippen molar-refractivity contribution in [2.75, 3.05) is 33.5 Å². The number of hydrogen-bond acceptors (Lipinski definition) is 4. The molecule has 0 bridgehead atoms. The summed E-state index contributed by atoms with van der Waals surface area (Å²) >= 11 is 1.71. The predicted molar refractivity (Wildman–Crippen MR) is 66.3 cm³/mol. The first-order chi connectivity index (χ1) is 7.11. The van der Waals surface area contributed by atoms with Crippen LogP contribution in [0.4, 0.5) is 0 Å². The molecular weight excluding hydrogens is 210 g/mol. The van der Waals surface area contributed by atoms with E-state index in [0.29, 0.717) is 0 Å². The van der Waals surface area contributed by atoms with Crippen LogP contribution in [0.25, 0.3) is 0 Å². The summed E-state index contributed by atoms with van der Waals surface area (Å²) in [4.78, 5) is 13.6. The fraction of sp³-hybridized carbons (Fsp3) is 0.909. The summed E-state index contributed by atoms with van der Waals surface area (Å²) < 4.78 is 4.79. The van der Waals surface area contributed by atoms with Gasteiger partial charge in [0.25, 0.3) is 0 Å². The van der Waals surface area contributed by atoms with Crippen LogP contribution in [-0.4, -0.2) is 49.6 Å². The van der Waals surface area contributed by atoms with Crippen molar-refractivity contribution in [3.63, 3.8) is 0 Å². The minimum absolute atomic E-state index is 0.0231. The summed E-state index contributed by atoms with van der Waals surface area (Å²) in [5.74, 6) is 0.906. The van der Waals surface area contributed by atoms with Gasteiger partial charge in [0.2, 0.25) is 0 Å². The number of unbranched alkanes of at least 4 members (excludes halogenated alkanes) is 1. The van der Waals surface area contributed by atoms with Crippen LogP contribution in [0.1, 0.15) is 26.2 Å². The van der Waals surface area contributed by atoms with E-state index in [2.05, 4.69) is 11.8 Å². The van der Waals surface area contributed by atoms with Gasteiger partial charge in [-0.15, -0.1) is 11.8 Å². The lowest BCUT2D eigenvalue weighted by atomic mass is 10.2. The van der Waals surface area contributed by atoms with Crippen molar-refractivity contribution < 1.29 is 9.53 Å². The van der Waals surface area contributed by atoms with Gasteiger partial charge in [-0.2, -0.15) is 0 Å². The van der Waals surface area contributed by atoms with Gasteiger partial charge in [-0.05, 0) is 20.5 Å². The zero-order chi connectivity index (χ0) is 11.7. The predicted octanol–water partition coefficient (Wildman–Crippen LogP) is 2.01. The minimum Gasteiger partial charge on any atom is -0.468 e. The first-order valence-electron chi connectivity index (χ1n) is 5.46. The third-order valence-corrected chi connectivity index (χ3v) is 3.39. The third kappa shape index (κ3) is 7.68. The van der Waals surface area contributed by atoms with E-state index < -0.39 is 0 Å². The van der Waals surface area contributed by atoms with Crippen LogP contribution in [0.5, 0.6) is 0 Å². The largest absolute Gasteiger partial charge is 0.468 e. The second kappa shape index (κ2) is 9.04. The maximum absolute atomic E-state index is 11.4. The SMILES string of the molecule is CCCCC(SCCN(C)C)C(=O)OC. The number of esters is 1. The fourth-order valence-corrected chi connectivity index (χ4v) is 2.49. The number of carbonyl (C=O) groups is 1. The lowest BCUT2D eigenvalue weighted by Crippen LogP contribution is -2.22. The van der Waals surface area contributed by atoms with Crippen molar-refractivity contribution in [3.05, 3.63) is 0 Å². The smallest absolute Gasteiger partial charge is 0.318 e.